The average molecular weight is 306 g/mol. The van der Waals surface area contributed by atoms with E-state index in [4.69, 9.17) is 0 Å². The summed E-state index contributed by atoms with van der Waals surface area (Å²) in [5.41, 5.74) is 0. The summed E-state index contributed by atoms with van der Waals surface area (Å²) in [5.74, 6) is 0.0422. The van der Waals surface area contributed by atoms with Crippen LogP contribution in [0.25, 0.3) is 0 Å². The first-order chi connectivity index (χ1) is 9.47. The Morgan fingerprint density at radius 3 is 2.90 bits per heavy atom. The molecule has 0 bridgehead atoms. The van der Waals surface area contributed by atoms with Crippen LogP contribution in [0.5, 0.6) is 0 Å². The van der Waals surface area contributed by atoms with Crippen molar-refractivity contribution in [3.63, 3.8) is 0 Å². The molecule has 0 aliphatic carbocycles. The average Bonchev–Trinajstić information content (AvgIpc) is 2.87. The molecule has 1 aromatic rings. The number of aliphatic hydroxyl groups excluding tert-OH is 1. The van der Waals surface area contributed by atoms with Gasteiger partial charge in [0.15, 0.2) is 5.01 Å². The van der Waals surface area contributed by atoms with Crippen LogP contribution < -0.4 is 5.32 Å². The first-order valence-corrected chi connectivity index (χ1v) is 7.14. The van der Waals surface area contributed by atoms with Gasteiger partial charge in [-0.3, -0.25) is 5.32 Å². The van der Waals surface area contributed by atoms with Crippen LogP contribution in [0.4, 0.5) is 18.7 Å². The van der Waals surface area contributed by atoms with Gasteiger partial charge in [-0.2, -0.15) is 0 Å². The van der Waals surface area contributed by atoms with E-state index in [1.165, 1.54) is 0 Å². The molecule has 1 aliphatic rings. The summed E-state index contributed by atoms with van der Waals surface area (Å²) >= 11 is 0.660. The fraction of sp³-hybridized carbons (Fsp3) is 0.727. The third-order valence-electron chi connectivity index (χ3n) is 3.27. The van der Waals surface area contributed by atoms with Crippen LogP contribution >= 0.6 is 11.3 Å². The van der Waals surface area contributed by atoms with E-state index < -0.39 is 23.6 Å². The smallest absolute Gasteiger partial charge is 0.323 e. The topological polar surface area (TPSA) is 78.4 Å². The molecule has 0 radical (unpaired) electrons. The van der Waals surface area contributed by atoms with E-state index >= 15 is 0 Å². The largest absolute Gasteiger partial charge is 0.393 e. The molecule has 2 heterocycles. The van der Waals surface area contributed by atoms with E-state index in [9.17, 15) is 18.7 Å². The number of aliphatic hydroxyl groups is 1. The zero-order valence-electron chi connectivity index (χ0n) is 10.9. The van der Waals surface area contributed by atoms with Crippen LogP contribution in [0, 0.1) is 5.92 Å². The third kappa shape index (κ3) is 3.60. The Balaban J connectivity index is 1.93. The van der Waals surface area contributed by atoms with Crippen molar-refractivity contribution in [1.82, 2.24) is 15.1 Å². The second kappa shape index (κ2) is 6.40. The number of hydrogen-bond donors (Lipinski definition) is 2. The van der Waals surface area contributed by atoms with E-state index in [0.717, 1.165) is 12.8 Å². The maximum absolute atomic E-state index is 12.4. The molecule has 2 atom stereocenters. The number of aromatic nitrogens is 2. The molecule has 9 heteroatoms. The van der Waals surface area contributed by atoms with Gasteiger partial charge in [0, 0.05) is 19.0 Å². The number of urea groups is 1. The molecule has 1 aromatic heterocycles. The van der Waals surface area contributed by atoms with Gasteiger partial charge in [-0.15, -0.1) is 10.2 Å². The van der Waals surface area contributed by atoms with Crippen LogP contribution in [0.1, 0.15) is 31.2 Å². The number of amides is 2. The highest BCUT2D eigenvalue weighted by atomic mass is 32.1. The molecule has 6 nitrogen and oxygen atoms in total. The number of carbonyl (C=O) groups excluding carboxylic acids is 1. The summed E-state index contributed by atoms with van der Waals surface area (Å²) in [6, 6.07) is -0.396. The molecule has 2 unspecified atom stereocenters. The number of rotatable bonds is 3. The van der Waals surface area contributed by atoms with Crippen molar-refractivity contribution in [3.8, 4) is 0 Å². The monoisotopic (exact) mass is 306 g/mol. The third-order valence-corrected chi connectivity index (χ3v) is 4.11. The molecular formula is C11H16F2N4O2S. The molecule has 0 saturated carbocycles. The highest BCUT2D eigenvalue weighted by Gasteiger charge is 2.27. The minimum Gasteiger partial charge on any atom is -0.393 e. The quantitative estimate of drug-likeness (QED) is 0.896. The van der Waals surface area contributed by atoms with Gasteiger partial charge in [0.2, 0.25) is 5.13 Å². The summed E-state index contributed by atoms with van der Waals surface area (Å²) in [6.45, 7) is 2.73. The number of halogens is 2. The summed E-state index contributed by atoms with van der Waals surface area (Å²) in [6.07, 6.45) is -1.48. The lowest BCUT2D eigenvalue weighted by atomic mass is 9.94. The van der Waals surface area contributed by atoms with Crippen LogP contribution in [0.2, 0.25) is 0 Å². The number of alkyl halides is 2. The lowest BCUT2D eigenvalue weighted by Gasteiger charge is -2.33. The predicted molar refractivity (Wildman–Crippen MR) is 69.9 cm³/mol. The van der Waals surface area contributed by atoms with Crippen LogP contribution in [0.15, 0.2) is 0 Å². The standard InChI is InChI=1S/C11H16F2N4O2S/c1-6(18)7-3-2-4-17(5-7)11(19)14-10-16-15-9(20-10)8(12)13/h6-8,18H,2-5H2,1H3,(H,14,16,19). The number of nitrogens with one attached hydrogen (secondary N) is 1. The zero-order valence-corrected chi connectivity index (χ0v) is 11.7. The molecule has 20 heavy (non-hydrogen) atoms. The minimum absolute atomic E-state index is 0.0422. The maximum Gasteiger partial charge on any atom is 0.323 e. The second-order valence-corrected chi connectivity index (χ2v) is 5.77. The summed E-state index contributed by atoms with van der Waals surface area (Å²) < 4.78 is 24.7. The van der Waals surface area contributed by atoms with Crippen molar-refractivity contribution in [1.29, 1.82) is 0 Å². The van der Waals surface area contributed by atoms with Gasteiger partial charge in [0.25, 0.3) is 6.43 Å². The Bertz CT molecular complexity index is 469. The fourth-order valence-corrected chi connectivity index (χ4v) is 2.72. The predicted octanol–water partition coefficient (Wildman–Crippen LogP) is 2.10. The van der Waals surface area contributed by atoms with Gasteiger partial charge in [-0.05, 0) is 19.8 Å². The number of hydrogen-bond acceptors (Lipinski definition) is 5. The van der Waals surface area contributed by atoms with Gasteiger partial charge >= 0.3 is 6.03 Å². The molecule has 1 aliphatic heterocycles. The molecule has 2 rings (SSSR count). The maximum atomic E-state index is 12.4. The minimum atomic E-state index is -2.69. The first-order valence-electron chi connectivity index (χ1n) is 6.33. The first kappa shape index (κ1) is 15.0. The van der Waals surface area contributed by atoms with E-state index in [2.05, 4.69) is 15.5 Å². The lowest BCUT2D eigenvalue weighted by molar-refractivity contribution is 0.0766. The molecular weight excluding hydrogens is 290 g/mol. The number of carbonyl (C=O) groups is 1. The van der Waals surface area contributed by atoms with Crippen LogP contribution in [-0.4, -0.2) is 45.4 Å². The number of nitrogens with zero attached hydrogens (tertiary/aromatic N) is 3. The number of likely N-dealkylation sites (tertiary alicyclic amines) is 1. The second-order valence-electron chi connectivity index (χ2n) is 4.77. The SMILES string of the molecule is CC(O)C1CCCN(C(=O)Nc2nnc(C(F)F)s2)C1. The van der Waals surface area contributed by atoms with Crippen molar-refractivity contribution in [2.45, 2.75) is 32.3 Å². The van der Waals surface area contributed by atoms with Gasteiger partial charge < -0.3 is 10.0 Å². The Kier molecular flexibility index (Phi) is 4.81. The van der Waals surface area contributed by atoms with Gasteiger partial charge in [0.05, 0.1) is 6.10 Å². The highest BCUT2D eigenvalue weighted by molar-refractivity contribution is 7.15. The Morgan fingerprint density at radius 2 is 2.30 bits per heavy atom. The van der Waals surface area contributed by atoms with E-state index in [1.54, 1.807) is 11.8 Å². The van der Waals surface area contributed by atoms with Gasteiger partial charge in [0.1, 0.15) is 0 Å². The van der Waals surface area contributed by atoms with E-state index in [0.29, 0.717) is 24.4 Å². The Morgan fingerprint density at radius 1 is 1.55 bits per heavy atom. The Hall–Kier alpha value is -1.35. The van der Waals surface area contributed by atoms with E-state index in [-0.39, 0.29) is 11.0 Å². The van der Waals surface area contributed by atoms with Gasteiger partial charge in [-0.1, -0.05) is 11.3 Å². The molecule has 2 amide bonds. The molecule has 112 valence electrons. The normalized spacial score (nSPS) is 21.1. The van der Waals surface area contributed by atoms with Crippen molar-refractivity contribution < 1.29 is 18.7 Å². The highest BCUT2D eigenvalue weighted by Crippen LogP contribution is 2.26. The van der Waals surface area contributed by atoms with Crippen molar-refractivity contribution in [2.75, 3.05) is 18.4 Å². The van der Waals surface area contributed by atoms with Gasteiger partial charge in [-0.25, -0.2) is 13.6 Å². The van der Waals surface area contributed by atoms with Crippen LogP contribution in [-0.2, 0) is 0 Å². The molecule has 1 saturated heterocycles. The summed E-state index contributed by atoms with van der Waals surface area (Å²) in [4.78, 5) is 13.6. The lowest BCUT2D eigenvalue weighted by Crippen LogP contribution is -2.44. The molecule has 0 spiro atoms. The van der Waals surface area contributed by atoms with E-state index in [1.807, 2.05) is 0 Å². The fourth-order valence-electron chi connectivity index (χ4n) is 2.13. The molecule has 2 N–H and O–H groups in total. The molecule has 1 fully saturated rings. The van der Waals surface area contributed by atoms with Crippen molar-refractivity contribution >= 4 is 22.5 Å². The Labute approximate surface area is 118 Å². The number of piperidine rings is 1. The van der Waals surface area contributed by atoms with Crippen molar-refractivity contribution in [2.24, 2.45) is 5.92 Å². The summed E-state index contributed by atoms with van der Waals surface area (Å²) in [7, 11) is 0. The van der Waals surface area contributed by atoms with Crippen molar-refractivity contribution in [3.05, 3.63) is 5.01 Å². The summed E-state index contributed by atoms with van der Waals surface area (Å²) in [5, 5.41) is 18.5. The molecule has 0 aromatic carbocycles. The van der Waals surface area contributed by atoms with Crippen LogP contribution in [0.3, 0.4) is 0 Å². The zero-order chi connectivity index (χ0) is 14.7. The number of anilines is 1.